The summed E-state index contributed by atoms with van der Waals surface area (Å²) >= 11 is 0. The maximum Gasteiger partial charge on any atom is 0.305 e. The van der Waals surface area contributed by atoms with Gasteiger partial charge in [-0.1, -0.05) is 201 Å². The van der Waals surface area contributed by atoms with E-state index in [2.05, 4.69) is 20.8 Å². The molecule has 0 amide bonds. The van der Waals surface area contributed by atoms with Gasteiger partial charge >= 0.3 is 11.9 Å². The lowest BCUT2D eigenvalue weighted by atomic mass is 9.99. The summed E-state index contributed by atoms with van der Waals surface area (Å²) in [5, 5.41) is 10.0. The average molecular weight is 653 g/mol. The fraction of sp³-hybridized carbons (Fsp3) is 0.951. The Morgan fingerprint density at radius 2 is 0.739 bits per heavy atom. The molecule has 0 fully saturated rings. The van der Waals surface area contributed by atoms with Gasteiger partial charge in [0.05, 0.1) is 0 Å². The van der Waals surface area contributed by atoms with Gasteiger partial charge in [0.1, 0.15) is 19.3 Å². The summed E-state index contributed by atoms with van der Waals surface area (Å²) < 4.78 is 10.3. The van der Waals surface area contributed by atoms with Gasteiger partial charge in [0.15, 0.2) is 0 Å². The van der Waals surface area contributed by atoms with E-state index < -0.39 is 6.10 Å². The second-order valence-electron chi connectivity index (χ2n) is 14.4. The summed E-state index contributed by atoms with van der Waals surface area (Å²) in [5.74, 6) is 0.329. The number of esters is 2. The van der Waals surface area contributed by atoms with E-state index in [1.807, 2.05) is 0 Å². The Kier molecular flexibility index (Phi) is 35.9. The van der Waals surface area contributed by atoms with Crippen molar-refractivity contribution in [1.82, 2.24) is 0 Å². The van der Waals surface area contributed by atoms with Gasteiger partial charge in [0.25, 0.3) is 0 Å². The molecule has 0 radical (unpaired) electrons. The molecule has 0 aromatic rings. The number of hydrogen-bond acceptors (Lipinski definition) is 5. The van der Waals surface area contributed by atoms with Gasteiger partial charge in [-0.25, -0.2) is 0 Å². The molecule has 1 N–H and O–H groups in total. The Hall–Kier alpha value is -1.10. The van der Waals surface area contributed by atoms with E-state index >= 15 is 0 Å². The van der Waals surface area contributed by atoms with Crippen LogP contribution < -0.4 is 0 Å². The van der Waals surface area contributed by atoms with Gasteiger partial charge in [0.2, 0.25) is 0 Å². The predicted molar refractivity (Wildman–Crippen MR) is 196 cm³/mol. The van der Waals surface area contributed by atoms with Gasteiger partial charge in [-0.05, 0) is 18.8 Å². The standard InChI is InChI=1S/C41H80O5/c1-4-6-7-8-9-10-11-12-13-14-15-16-17-18-22-25-28-31-34-40(43)45-36-39(42)37-46-41(44)35-32-29-26-23-20-19-21-24-27-30-33-38(3)5-2/h38-39,42H,4-37H2,1-3H3/t38?,39-/m1/s1. The number of hydrogen-bond donors (Lipinski definition) is 1. The smallest absolute Gasteiger partial charge is 0.305 e. The van der Waals surface area contributed by atoms with Crippen LogP contribution in [-0.4, -0.2) is 36.4 Å². The van der Waals surface area contributed by atoms with Crippen LogP contribution in [0.5, 0.6) is 0 Å². The molecule has 274 valence electrons. The van der Waals surface area contributed by atoms with Crippen LogP contribution in [-0.2, 0) is 19.1 Å². The minimum atomic E-state index is -0.955. The van der Waals surface area contributed by atoms with E-state index in [-0.39, 0.29) is 25.2 Å². The van der Waals surface area contributed by atoms with Gasteiger partial charge in [-0.2, -0.15) is 0 Å². The molecule has 0 saturated carbocycles. The molecule has 0 saturated heterocycles. The van der Waals surface area contributed by atoms with Crippen molar-refractivity contribution in [3.05, 3.63) is 0 Å². The third kappa shape index (κ3) is 35.7. The van der Waals surface area contributed by atoms with Crippen molar-refractivity contribution in [3.8, 4) is 0 Å². The number of ether oxygens (including phenoxy) is 2. The van der Waals surface area contributed by atoms with Crippen LogP contribution in [0.25, 0.3) is 0 Å². The molecule has 0 aromatic heterocycles. The molecule has 0 rings (SSSR count). The van der Waals surface area contributed by atoms with Crippen LogP contribution in [0.3, 0.4) is 0 Å². The minimum absolute atomic E-state index is 0.108. The van der Waals surface area contributed by atoms with Crippen molar-refractivity contribution in [2.75, 3.05) is 13.2 Å². The monoisotopic (exact) mass is 653 g/mol. The molecule has 0 heterocycles. The highest BCUT2D eigenvalue weighted by atomic mass is 16.6. The summed E-state index contributed by atoms with van der Waals surface area (Å²) in [6, 6.07) is 0. The van der Waals surface area contributed by atoms with Crippen molar-refractivity contribution < 1.29 is 24.2 Å². The fourth-order valence-electron chi connectivity index (χ4n) is 6.12. The summed E-state index contributed by atoms with van der Waals surface area (Å²) in [7, 11) is 0. The largest absolute Gasteiger partial charge is 0.463 e. The lowest BCUT2D eigenvalue weighted by Gasteiger charge is -2.12. The lowest BCUT2D eigenvalue weighted by molar-refractivity contribution is -0.152. The molecule has 0 aromatic carbocycles. The third-order valence-corrected chi connectivity index (χ3v) is 9.63. The van der Waals surface area contributed by atoms with Gasteiger partial charge in [-0.3, -0.25) is 9.59 Å². The second kappa shape index (κ2) is 36.7. The number of unbranched alkanes of at least 4 members (excludes halogenated alkanes) is 26. The highest BCUT2D eigenvalue weighted by molar-refractivity contribution is 5.69. The SMILES string of the molecule is CCCCCCCCCCCCCCCCCCCCC(=O)OC[C@@H](O)COC(=O)CCCCCCCCCCCCC(C)CC. The maximum absolute atomic E-state index is 12.0. The van der Waals surface area contributed by atoms with Crippen molar-refractivity contribution in [1.29, 1.82) is 0 Å². The van der Waals surface area contributed by atoms with E-state index in [0.29, 0.717) is 12.8 Å². The van der Waals surface area contributed by atoms with E-state index in [9.17, 15) is 14.7 Å². The van der Waals surface area contributed by atoms with Crippen LogP contribution in [0.2, 0.25) is 0 Å². The van der Waals surface area contributed by atoms with Crippen LogP contribution in [0.15, 0.2) is 0 Å². The van der Waals surface area contributed by atoms with Crippen molar-refractivity contribution in [2.24, 2.45) is 5.92 Å². The first-order valence-electron chi connectivity index (χ1n) is 20.5. The summed E-state index contributed by atoms with van der Waals surface area (Å²) in [4.78, 5) is 23.9. The second-order valence-corrected chi connectivity index (χ2v) is 14.4. The molecule has 1 unspecified atom stereocenters. The quantitative estimate of drug-likeness (QED) is 0.0534. The average Bonchev–Trinajstić information content (AvgIpc) is 3.06. The normalized spacial score (nSPS) is 12.7. The molecule has 5 heteroatoms. The van der Waals surface area contributed by atoms with E-state index in [1.165, 1.54) is 167 Å². The van der Waals surface area contributed by atoms with Crippen molar-refractivity contribution in [2.45, 2.75) is 232 Å². The fourth-order valence-corrected chi connectivity index (χ4v) is 6.12. The summed E-state index contributed by atoms with van der Waals surface area (Å²) in [5.41, 5.74) is 0. The zero-order chi connectivity index (χ0) is 33.8. The van der Waals surface area contributed by atoms with Gasteiger partial charge < -0.3 is 14.6 Å². The first kappa shape index (κ1) is 44.9. The van der Waals surface area contributed by atoms with E-state index in [4.69, 9.17) is 9.47 Å². The molecule has 0 aliphatic carbocycles. The zero-order valence-corrected chi connectivity index (χ0v) is 31.3. The molecule has 46 heavy (non-hydrogen) atoms. The molecule has 0 bridgehead atoms. The number of rotatable bonds is 37. The topological polar surface area (TPSA) is 72.8 Å². The Morgan fingerprint density at radius 3 is 1.04 bits per heavy atom. The lowest BCUT2D eigenvalue weighted by Crippen LogP contribution is -2.25. The Morgan fingerprint density at radius 1 is 0.457 bits per heavy atom. The Labute approximate surface area is 287 Å². The molecule has 2 atom stereocenters. The molecular formula is C41H80O5. The summed E-state index contributed by atoms with van der Waals surface area (Å²) in [6.07, 6.45) is 38.7. The molecule has 5 nitrogen and oxygen atoms in total. The van der Waals surface area contributed by atoms with Crippen LogP contribution in [0.4, 0.5) is 0 Å². The maximum atomic E-state index is 12.0. The first-order valence-corrected chi connectivity index (χ1v) is 20.5. The van der Waals surface area contributed by atoms with Crippen molar-refractivity contribution in [3.63, 3.8) is 0 Å². The minimum Gasteiger partial charge on any atom is -0.463 e. The van der Waals surface area contributed by atoms with Crippen molar-refractivity contribution >= 4 is 11.9 Å². The predicted octanol–water partition coefficient (Wildman–Crippen LogP) is 12.6. The highest BCUT2D eigenvalue weighted by Gasteiger charge is 2.12. The highest BCUT2D eigenvalue weighted by Crippen LogP contribution is 2.17. The van der Waals surface area contributed by atoms with Crippen LogP contribution in [0, 0.1) is 5.92 Å². The van der Waals surface area contributed by atoms with Gasteiger partial charge in [-0.15, -0.1) is 0 Å². The van der Waals surface area contributed by atoms with Crippen LogP contribution in [0.1, 0.15) is 226 Å². The Bertz CT molecular complexity index is 636. The Balaban J connectivity index is 3.38. The number of aliphatic hydroxyl groups excluding tert-OH is 1. The number of carbonyl (C=O) groups excluding carboxylic acids is 2. The van der Waals surface area contributed by atoms with Crippen LogP contribution >= 0.6 is 0 Å². The molecule has 0 spiro atoms. The molecule has 0 aliphatic heterocycles. The van der Waals surface area contributed by atoms with E-state index in [1.54, 1.807) is 0 Å². The van der Waals surface area contributed by atoms with Gasteiger partial charge in [0, 0.05) is 12.8 Å². The third-order valence-electron chi connectivity index (χ3n) is 9.63. The molecular weight excluding hydrogens is 572 g/mol. The number of aliphatic hydroxyl groups is 1. The zero-order valence-electron chi connectivity index (χ0n) is 31.3. The summed E-state index contributed by atoms with van der Waals surface area (Å²) in [6.45, 7) is 6.70. The molecule has 0 aliphatic rings. The first-order chi connectivity index (χ1) is 22.5. The number of carbonyl (C=O) groups is 2. The van der Waals surface area contributed by atoms with E-state index in [0.717, 1.165) is 31.6 Å².